The number of rotatable bonds is 26. The van der Waals surface area contributed by atoms with E-state index in [4.69, 9.17) is 6.57 Å². The van der Waals surface area contributed by atoms with E-state index in [1.54, 1.807) is 87.5 Å². The van der Waals surface area contributed by atoms with Crippen LogP contribution in [0.3, 0.4) is 0 Å². The number of phenols is 4. The highest BCUT2D eigenvalue weighted by molar-refractivity contribution is 5.97. The van der Waals surface area contributed by atoms with Gasteiger partial charge in [0.05, 0.1) is 57.6 Å². The Labute approximate surface area is 723 Å². The average Bonchev–Trinajstić information content (AvgIpc) is 0.840. The fraction of sp³-hybridized carbons (Fsp3) is 0.309. The van der Waals surface area contributed by atoms with Crippen LogP contribution in [0, 0.1) is 33.2 Å². The van der Waals surface area contributed by atoms with Gasteiger partial charge in [-0.15, -0.1) is 13.2 Å². The monoisotopic (exact) mass is 1690 g/mol. The number of hydrazone groups is 4. The highest BCUT2D eigenvalue weighted by Gasteiger charge is 2.28. The molecule has 12 rings (SSSR count). The molecule has 0 aromatic heterocycles. The van der Waals surface area contributed by atoms with Gasteiger partial charge in [-0.2, -0.15) is 20.4 Å². The van der Waals surface area contributed by atoms with Gasteiger partial charge in [0, 0.05) is 149 Å². The van der Waals surface area contributed by atoms with Crippen molar-refractivity contribution in [2.45, 2.75) is 60.8 Å². The maximum atomic E-state index is 13.0. The molecule has 8 N–H and O–H groups in total. The molecule has 30 heteroatoms. The Morgan fingerprint density at radius 3 is 1.14 bits per heavy atom. The van der Waals surface area contributed by atoms with E-state index in [0.717, 1.165) is 46.2 Å². The standard InChI is InChI=1S/C24H27FN4O3.C24H27N5O3.C23H26N4O3.C22H26N4O3.CH4/c1-3-4-19-13-17(2)14-20(23(19)31)15-26-27-22(30)16-28-9-11-29(12-10-28)24(32)18-5-7-21(25)8-6-18;1-3-5-18-6-4-7-20(23(18)31)16-26-27-22(30)17-28-12-14-29(15-13-28)24(32)19-8-10-21(25-2)11-9-19;1-2-7-18-10-6-11-20(22(18)29)16-24-25-21(28)17-26-12-14-27(15-13-26)23(30)19-8-4-3-5-9-19;1-16-3-6-18(7-4-16)22(29)26-11-9-25(10-12-26)15-21(28)24-23-14-19-13-17(2)5-8-20(19)27;/h3,5-8,13-15,31H,1,4,9-12,16H2,2H3,(H,27,30);4,6-11,16,31H,3,5,12-15,17H2,1H3,(H,27,30);2-6,8-11,16,29H,1,7,12-15,17H2,(H,25,28);3-8,13-14,27H,9-12,15H2,1-2H3,(H,24,28);1H4/b26-15+;26-16+;24-16+;23-14+;. The van der Waals surface area contributed by atoms with Crippen molar-refractivity contribution in [3.05, 3.63) is 290 Å². The topological polar surface area (TPSA) is 345 Å². The second kappa shape index (κ2) is 49.2. The van der Waals surface area contributed by atoms with Crippen LogP contribution in [0.2, 0.25) is 0 Å². The van der Waals surface area contributed by atoms with Crippen LogP contribution >= 0.6 is 0 Å². The number of allylic oxidation sites excluding steroid dienone is 2. The minimum atomic E-state index is -0.380. The smallest absolute Gasteiger partial charge is 0.254 e. The molecule has 4 fully saturated rings. The minimum Gasteiger partial charge on any atom is -0.507 e. The highest BCUT2D eigenvalue weighted by Crippen LogP contribution is 2.27. The van der Waals surface area contributed by atoms with Gasteiger partial charge in [0.25, 0.3) is 47.3 Å². The summed E-state index contributed by atoms with van der Waals surface area (Å²) in [6.07, 6.45) is 12.0. The van der Waals surface area contributed by atoms with Crippen LogP contribution in [0.1, 0.15) is 118 Å². The molecule has 4 saturated heterocycles. The third-order valence-corrected chi connectivity index (χ3v) is 20.4. The molecule has 8 amide bonds. The number of hydrogen-bond donors (Lipinski definition) is 8. The summed E-state index contributed by atoms with van der Waals surface area (Å²) in [6, 6.07) is 48.6. The number of piperazine rings is 4. The molecule has 0 bridgehead atoms. The van der Waals surface area contributed by atoms with Crippen molar-refractivity contribution in [3.63, 3.8) is 0 Å². The second-order valence-electron chi connectivity index (χ2n) is 29.7. The average molecular weight is 1690 g/mol. The maximum absolute atomic E-state index is 13.0. The van der Waals surface area contributed by atoms with Crippen molar-refractivity contribution in [2.75, 3.05) is 131 Å². The minimum absolute atomic E-state index is 0. The predicted molar refractivity (Wildman–Crippen MR) is 479 cm³/mol. The number of aryl methyl sites for hydroxylation is 4. The molecular weight excluding hydrogens is 1580 g/mol. The molecular formula is C94H110FN17O12. The Morgan fingerprint density at radius 1 is 0.395 bits per heavy atom. The van der Waals surface area contributed by atoms with E-state index < -0.39 is 0 Å². The third-order valence-electron chi connectivity index (χ3n) is 20.4. The van der Waals surface area contributed by atoms with E-state index in [1.807, 2.05) is 137 Å². The molecule has 0 aliphatic carbocycles. The van der Waals surface area contributed by atoms with Gasteiger partial charge in [0.15, 0.2) is 5.69 Å². The van der Waals surface area contributed by atoms with Crippen molar-refractivity contribution in [2.24, 2.45) is 20.4 Å². The largest absolute Gasteiger partial charge is 0.507 e. The van der Waals surface area contributed by atoms with Gasteiger partial charge < -0.3 is 40.0 Å². The molecule has 0 atom stereocenters. The number of hydrogen-bond acceptors (Lipinski definition) is 20. The van der Waals surface area contributed by atoms with E-state index in [1.165, 1.54) is 49.1 Å². The molecule has 0 unspecified atom stereocenters. The van der Waals surface area contributed by atoms with E-state index in [9.17, 15) is 63.2 Å². The summed E-state index contributed by atoms with van der Waals surface area (Å²) in [5.74, 6) is -0.993. The fourth-order valence-electron chi connectivity index (χ4n) is 13.7. The Bertz CT molecular complexity index is 5130. The van der Waals surface area contributed by atoms with Gasteiger partial charge in [0.1, 0.15) is 28.8 Å². The van der Waals surface area contributed by atoms with Crippen LogP contribution in [-0.4, -0.2) is 263 Å². The molecule has 124 heavy (non-hydrogen) atoms. The van der Waals surface area contributed by atoms with Gasteiger partial charge in [-0.25, -0.2) is 30.9 Å². The van der Waals surface area contributed by atoms with Gasteiger partial charge in [0.2, 0.25) is 0 Å². The number of benzene rings is 8. The fourth-order valence-corrected chi connectivity index (χ4v) is 13.7. The number of aromatic hydroxyl groups is 4. The number of nitrogens with zero attached hydrogens (tertiary/aromatic N) is 13. The molecule has 650 valence electrons. The lowest BCUT2D eigenvalue weighted by Gasteiger charge is -2.34. The first-order valence-corrected chi connectivity index (χ1v) is 40.5. The second-order valence-corrected chi connectivity index (χ2v) is 29.7. The zero-order valence-electron chi connectivity index (χ0n) is 69.8. The van der Waals surface area contributed by atoms with Crippen molar-refractivity contribution in [1.29, 1.82) is 0 Å². The summed E-state index contributed by atoms with van der Waals surface area (Å²) < 4.78 is 13.0. The van der Waals surface area contributed by atoms with E-state index in [0.29, 0.717) is 168 Å². The van der Waals surface area contributed by atoms with E-state index >= 15 is 0 Å². The number of nitrogens with one attached hydrogen (secondary N) is 4. The molecule has 29 nitrogen and oxygen atoms in total. The molecule has 4 heterocycles. The van der Waals surface area contributed by atoms with Gasteiger partial charge in [-0.1, -0.05) is 135 Å². The molecule has 8 aromatic carbocycles. The molecule has 0 saturated carbocycles. The molecule has 4 aliphatic heterocycles. The Morgan fingerprint density at radius 2 is 0.734 bits per heavy atom. The van der Waals surface area contributed by atoms with Crippen molar-refractivity contribution < 1.29 is 63.2 Å². The predicted octanol–water partition coefficient (Wildman–Crippen LogP) is 9.86. The molecule has 8 aromatic rings. The lowest BCUT2D eigenvalue weighted by molar-refractivity contribution is -0.123. The van der Waals surface area contributed by atoms with Crippen LogP contribution in [0.5, 0.6) is 23.0 Å². The van der Waals surface area contributed by atoms with Crippen molar-refractivity contribution in [3.8, 4) is 23.0 Å². The summed E-state index contributed by atoms with van der Waals surface area (Å²) in [7, 11) is 0. The van der Waals surface area contributed by atoms with Crippen LogP contribution in [-0.2, 0) is 38.4 Å². The first-order valence-electron chi connectivity index (χ1n) is 40.5. The number of amides is 8. The quantitative estimate of drug-likeness (QED) is 0.0108. The van der Waals surface area contributed by atoms with Gasteiger partial charge >= 0.3 is 0 Å². The third kappa shape index (κ3) is 29.8. The van der Waals surface area contributed by atoms with Crippen molar-refractivity contribution >= 4 is 77.8 Å². The van der Waals surface area contributed by atoms with E-state index in [-0.39, 0.29) is 110 Å². The lowest BCUT2D eigenvalue weighted by Crippen LogP contribution is -2.50. The zero-order valence-corrected chi connectivity index (χ0v) is 69.8. The van der Waals surface area contributed by atoms with Crippen LogP contribution in [0.25, 0.3) is 4.85 Å². The SMILES string of the molecule is C.C=CCc1cc(C)cc(/C=N/NC(=O)CN2CCN(C(=O)c3ccc(F)cc3)CC2)c1O.C=CCc1cccc(/C=N/NC(=O)CN2CCN(C(=O)c3ccccc3)CC2)c1O.Cc1ccc(C(=O)N2CCN(CC(=O)N/N=C/c3cc(C)ccc3O)CC2)cc1.[C-]#[N+]c1ccc(C(=O)N2CCN(CC(=O)N/N=C/c3cccc(CCC)c3O)CC2)cc1. The maximum Gasteiger partial charge on any atom is 0.254 e. The Kier molecular flexibility index (Phi) is 37.9. The molecule has 0 radical (unpaired) electrons. The number of halogens is 1. The first kappa shape index (κ1) is 95.6. The normalized spacial score (nSPS) is 14.5. The summed E-state index contributed by atoms with van der Waals surface area (Å²) >= 11 is 0. The molecule has 0 spiro atoms. The number of para-hydroxylation sites is 2. The zero-order chi connectivity index (χ0) is 88.2. The van der Waals surface area contributed by atoms with Gasteiger partial charge in [-0.3, -0.25) is 58.0 Å². The Hall–Kier alpha value is -13.9. The molecule has 4 aliphatic rings. The summed E-state index contributed by atoms with van der Waals surface area (Å²) in [4.78, 5) is 117. The lowest BCUT2D eigenvalue weighted by atomic mass is 10.0. The Balaban J connectivity index is 0.000000205. The number of carbonyl (C=O) groups excluding carboxylic acids is 8. The summed E-state index contributed by atoms with van der Waals surface area (Å²) in [6.45, 7) is 32.1. The van der Waals surface area contributed by atoms with Crippen LogP contribution in [0.4, 0.5) is 10.1 Å². The van der Waals surface area contributed by atoms with Crippen LogP contribution in [0.15, 0.2) is 216 Å². The summed E-state index contributed by atoms with van der Waals surface area (Å²) in [5.41, 5.74) is 20.5. The van der Waals surface area contributed by atoms with Crippen molar-refractivity contribution in [1.82, 2.24) is 60.9 Å². The van der Waals surface area contributed by atoms with Gasteiger partial charge in [-0.05, 0) is 141 Å². The highest BCUT2D eigenvalue weighted by atomic mass is 19.1. The van der Waals surface area contributed by atoms with Crippen LogP contribution < -0.4 is 21.7 Å². The number of carbonyl (C=O) groups is 8. The summed E-state index contributed by atoms with van der Waals surface area (Å²) in [5, 5.41) is 56.4. The first-order chi connectivity index (χ1) is 59.4. The van der Waals surface area contributed by atoms with E-state index in [2.05, 4.69) is 60.1 Å². The number of phenolic OH excluding ortho intramolecular Hbond substituents is 4.